The van der Waals surface area contributed by atoms with Gasteiger partial charge in [0.25, 0.3) is 5.91 Å². The molecule has 11 heteroatoms. The third-order valence-electron chi connectivity index (χ3n) is 7.01. The van der Waals surface area contributed by atoms with Gasteiger partial charge in [0.05, 0.1) is 25.7 Å². The van der Waals surface area contributed by atoms with Crippen molar-refractivity contribution in [1.82, 2.24) is 14.3 Å². The van der Waals surface area contributed by atoms with E-state index < -0.39 is 10.0 Å². The van der Waals surface area contributed by atoms with Gasteiger partial charge in [0.2, 0.25) is 10.0 Å². The monoisotopic (exact) mass is 580 g/mol. The van der Waals surface area contributed by atoms with E-state index in [2.05, 4.69) is 18.8 Å². The summed E-state index contributed by atoms with van der Waals surface area (Å²) in [6.07, 6.45) is 4.38. The number of carbonyl (C=O) groups excluding carboxylic acids is 1. The molecule has 2 aromatic heterocycles. The smallest absolute Gasteiger partial charge is 0.260 e. The molecule has 3 heterocycles. The van der Waals surface area contributed by atoms with Crippen molar-refractivity contribution in [1.29, 1.82) is 0 Å². The third-order valence-corrected chi connectivity index (χ3v) is 9.95. The van der Waals surface area contributed by atoms with Crippen LogP contribution in [0.5, 0.6) is 11.5 Å². The number of ether oxygens (including phenoxy) is 2. The van der Waals surface area contributed by atoms with Gasteiger partial charge < -0.3 is 9.47 Å². The normalized spacial score (nSPS) is 18.0. The number of methoxy groups -OCH3 is 2. The molecule has 1 fully saturated rings. The van der Waals surface area contributed by atoms with Crippen molar-refractivity contribution < 1.29 is 22.7 Å². The molecule has 4 aromatic rings. The van der Waals surface area contributed by atoms with Gasteiger partial charge in [-0.3, -0.25) is 14.7 Å². The number of hydrogen-bond acceptors (Lipinski definition) is 8. The maximum Gasteiger partial charge on any atom is 0.260 e. The maximum atomic E-state index is 13.9. The Morgan fingerprint density at radius 2 is 1.70 bits per heavy atom. The molecule has 0 spiro atoms. The van der Waals surface area contributed by atoms with Crippen LogP contribution in [0, 0.1) is 11.8 Å². The quantitative estimate of drug-likeness (QED) is 0.282. The molecular weight excluding hydrogens is 548 g/mol. The number of rotatable bonds is 8. The Morgan fingerprint density at radius 1 is 1.02 bits per heavy atom. The Bertz CT molecular complexity index is 1560. The predicted octanol–water partition coefficient (Wildman–Crippen LogP) is 5.22. The Balaban J connectivity index is 1.50. The molecule has 0 saturated carbocycles. The fourth-order valence-corrected chi connectivity index (χ4v) is 7.92. The molecule has 9 nitrogen and oxygen atoms in total. The first kappa shape index (κ1) is 28.0. The van der Waals surface area contributed by atoms with Gasteiger partial charge in [-0.15, -0.1) is 0 Å². The molecule has 0 N–H and O–H groups in total. The van der Waals surface area contributed by atoms with E-state index >= 15 is 0 Å². The lowest BCUT2D eigenvalue weighted by atomic mass is 9.94. The molecule has 0 aliphatic carbocycles. The van der Waals surface area contributed by atoms with E-state index in [1.165, 1.54) is 23.5 Å². The van der Waals surface area contributed by atoms with E-state index in [0.717, 1.165) is 16.7 Å². The van der Waals surface area contributed by atoms with Gasteiger partial charge in [0, 0.05) is 31.0 Å². The minimum atomic E-state index is -3.66. The zero-order chi connectivity index (χ0) is 28.4. The molecule has 0 radical (unpaired) electrons. The van der Waals surface area contributed by atoms with E-state index in [0.29, 0.717) is 52.6 Å². The van der Waals surface area contributed by atoms with Crippen LogP contribution in [0.25, 0.3) is 10.2 Å². The van der Waals surface area contributed by atoms with Gasteiger partial charge in [-0.1, -0.05) is 31.3 Å². The van der Waals surface area contributed by atoms with Crippen LogP contribution in [-0.4, -0.2) is 55.9 Å². The van der Waals surface area contributed by atoms with Crippen LogP contribution in [-0.2, 0) is 16.6 Å². The van der Waals surface area contributed by atoms with Crippen LogP contribution in [0.4, 0.5) is 5.13 Å². The molecule has 1 aliphatic rings. The Labute approximate surface area is 238 Å². The SMILES string of the molecule is COc1ccc(OC)c2sc(N(Cc3cccnc3)C(=O)c3ccc(S(=O)(=O)N4CC(C)CC(C)C4)cc3)nc12. The highest BCUT2D eigenvalue weighted by Gasteiger charge is 2.32. The van der Waals surface area contributed by atoms with Crippen LogP contribution < -0.4 is 14.4 Å². The van der Waals surface area contributed by atoms with Crippen molar-refractivity contribution >= 4 is 42.6 Å². The Hall–Kier alpha value is -3.54. The predicted molar refractivity (Wildman–Crippen MR) is 156 cm³/mol. The lowest BCUT2D eigenvalue weighted by Crippen LogP contribution is -2.42. The molecule has 2 aromatic carbocycles. The lowest BCUT2D eigenvalue weighted by Gasteiger charge is -2.34. The maximum absolute atomic E-state index is 13.9. The van der Waals surface area contributed by atoms with Gasteiger partial charge in [-0.25, -0.2) is 13.4 Å². The number of aromatic nitrogens is 2. The second-order valence-electron chi connectivity index (χ2n) is 10.2. The summed E-state index contributed by atoms with van der Waals surface area (Å²) in [4.78, 5) is 24.6. The van der Waals surface area contributed by atoms with Crippen LogP contribution in [0.3, 0.4) is 0 Å². The number of amides is 1. The molecule has 1 aliphatic heterocycles. The summed E-state index contributed by atoms with van der Waals surface area (Å²) in [7, 11) is -0.509. The summed E-state index contributed by atoms with van der Waals surface area (Å²) in [5.41, 5.74) is 1.76. The number of thiazole rings is 1. The number of benzene rings is 2. The van der Waals surface area contributed by atoms with Crippen molar-refractivity contribution in [2.75, 3.05) is 32.2 Å². The lowest BCUT2D eigenvalue weighted by molar-refractivity contribution is 0.0985. The van der Waals surface area contributed by atoms with Gasteiger partial charge in [0.1, 0.15) is 21.7 Å². The van der Waals surface area contributed by atoms with Crippen molar-refractivity contribution in [3.63, 3.8) is 0 Å². The van der Waals surface area contributed by atoms with Crippen LogP contribution >= 0.6 is 11.3 Å². The number of nitrogens with zero attached hydrogens (tertiary/aromatic N) is 4. The van der Waals surface area contributed by atoms with E-state index in [1.807, 2.05) is 12.1 Å². The summed E-state index contributed by atoms with van der Waals surface area (Å²) in [5.74, 6) is 1.48. The van der Waals surface area contributed by atoms with Gasteiger partial charge >= 0.3 is 0 Å². The minimum absolute atomic E-state index is 0.179. The molecule has 5 rings (SSSR count). The molecule has 2 unspecified atom stereocenters. The highest BCUT2D eigenvalue weighted by Crippen LogP contribution is 2.41. The fourth-order valence-electron chi connectivity index (χ4n) is 5.17. The highest BCUT2D eigenvalue weighted by molar-refractivity contribution is 7.89. The number of carbonyl (C=O) groups is 1. The molecule has 40 heavy (non-hydrogen) atoms. The number of sulfonamides is 1. The summed E-state index contributed by atoms with van der Waals surface area (Å²) in [5, 5.41) is 0.458. The molecule has 210 valence electrons. The molecule has 1 amide bonds. The summed E-state index contributed by atoms with van der Waals surface area (Å²) in [6, 6.07) is 13.4. The fraction of sp³-hybridized carbons (Fsp3) is 0.345. The molecule has 1 saturated heterocycles. The van der Waals surface area contributed by atoms with Gasteiger partial charge in [-0.2, -0.15) is 4.31 Å². The average molecular weight is 581 g/mol. The highest BCUT2D eigenvalue weighted by atomic mass is 32.2. The zero-order valence-corrected chi connectivity index (χ0v) is 24.5. The topological polar surface area (TPSA) is 102 Å². The van der Waals surface area contributed by atoms with E-state index in [-0.39, 0.29) is 17.3 Å². The van der Waals surface area contributed by atoms with Crippen molar-refractivity contribution in [3.8, 4) is 11.5 Å². The van der Waals surface area contributed by atoms with E-state index in [9.17, 15) is 13.2 Å². The van der Waals surface area contributed by atoms with Crippen LogP contribution in [0.15, 0.2) is 65.8 Å². The second kappa shape index (κ2) is 11.5. The summed E-state index contributed by atoms with van der Waals surface area (Å²) < 4.78 is 40.1. The largest absolute Gasteiger partial charge is 0.495 e. The Morgan fingerprint density at radius 3 is 2.33 bits per heavy atom. The number of fused-ring (bicyclic) bond motifs is 1. The average Bonchev–Trinajstić information content (AvgIpc) is 3.40. The number of hydrogen-bond donors (Lipinski definition) is 0. The van der Waals surface area contributed by atoms with Crippen molar-refractivity contribution in [2.45, 2.75) is 31.7 Å². The molecule has 2 atom stereocenters. The van der Waals surface area contributed by atoms with Crippen molar-refractivity contribution in [3.05, 3.63) is 72.1 Å². The van der Waals surface area contributed by atoms with E-state index in [4.69, 9.17) is 14.5 Å². The number of anilines is 1. The number of pyridine rings is 1. The zero-order valence-electron chi connectivity index (χ0n) is 22.9. The van der Waals surface area contributed by atoms with E-state index in [1.54, 1.807) is 60.1 Å². The first-order chi connectivity index (χ1) is 19.2. The first-order valence-electron chi connectivity index (χ1n) is 13.0. The van der Waals surface area contributed by atoms with Gasteiger partial charge in [-0.05, 0) is 66.3 Å². The standard InChI is InChI=1S/C29H32N4O5S2/c1-19-14-20(2)17-32(16-19)40(35,36)23-9-7-22(8-10-23)28(34)33(18-21-6-5-13-30-15-21)29-31-26-24(37-3)11-12-25(38-4)27(26)39-29/h5-13,15,19-20H,14,16-18H2,1-4H3. The second-order valence-corrected chi connectivity index (χ2v) is 13.1. The van der Waals surface area contributed by atoms with Crippen molar-refractivity contribution in [2.24, 2.45) is 11.8 Å². The summed E-state index contributed by atoms with van der Waals surface area (Å²) >= 11 is 1.32. The van der Waals surface area contributed by atoms with Crippen LogP contribution in [0.1, 0.15) is 36.2 Å². The summed E-state index contributed by atoms with van der Waals surface area (Å²) in [6.45, 7) is 5.36. The van der Waals surface area contributed by atoms with Gasteiger partial charge in [0.15, 0.2) is 5.13 Å². The van der Waals surface area contributed by atoms with Crippen LogP contribution in [0.2, 0.25) is 0 Å². The number of piperidine rings is 1. The minimum Gasteiger partial charge on any atom is -0.495 e. The third kappa shape index (κ3) is 5.54. The first-order valence-corrected chi connectivity index (χ1v) is 15.3. The Kier molecular flexibility index (Phi) is 8.07. The molecule has 0 bridgehead atoms. The molecular formula is C29H32N4O5S2.